The molecule has 1 unspecified atom stereocenters. The van der Waals surface area contributed by atoms with Gasteiger partial charge in [-0.2, -0.15) is 0 Å². The van der Waals surface area contributed by atoms with E-state index in [1.54, 1.807) is 12.1 Å². The summed E-state index contributed by atoms with van der Waals surface area (Å²) >= 11 is 0. The van der Waals surface area contributed by atoms with Crippen molar-refractivity contribution < 1.29 is 4.74 Å². The van der Waals surface area contributed by atoms with Crippen molar-refractivity contribution in [2.24, 2.45) is 0 Å². The summed E-state index contributed by atoms with van der Waals surface area (Å²) in [4.78, 5) is 0. The maximum Gasteiger partial charge on any atom is 0.0717 e. The summed E-state index contributed by atoms with van der Waals surface area (Å²) in [5, 5.41) is 0. The fourth-order valence-electron chi connectivity index (χ4n) is 3.32. The molecule has 0 N–H and O–H groups in total. The van der Waals surface area contributed by atoms with Gasteiger partial charge in [-0.15, -0.1) is 0 Å². The van der Waals surface area contributed by atoms with E-state index in [0.717, 1.165) is 12.3 Å². The molecule has 1 atom stereocenters. The smallest absolute Gasteiger partial charge is 0.0717 e. The van der Waals surface area contributed by atoms with Gasteiger partial charge in [0.25, 0.3) is 0 Å². The van der Waals surface area contributed by atoms with Crippen molar-refractivity contribution >= 4 is 8.80 Å². The Balaban J connectivity index is 2.24. The second kappa shape index (κ2) is 12.0. The highest BCUT2D eigenvalue weighted by Crippen LogP contribution is 2.23. The Morgan fingerprint density at radius 2 is 1.47 bits per heavy atom. The summed E-state index contributed by atoms with van der Waals surface area (Å²) in [7, 11) is -0.623. The van der Waals surface area contributed by atoms with Crippen molar-refractivity contribution in [3.8, 4) is 0 Å². The lowest BCUT2D eigenvalue weighted by Crippen LogP contribution is -2.36. The van der Waals surface area contributed by atoms with E-state index >= 15 is 0 Å². The van der Waals surface area contributed by atoms with Crippen LogP contribution in [0.15, 0.2) is 0 Å². The maximum absolute atomic E-state index is 6.12. The van der Waals surface area contributed by atoms with Crippen LogP contribution in [0.25, 0.3) is 0 Å². The van der Waals surface area contributed by atoms with Crippen molar-refractivity contribution in [2.45, 2.75) is 102 Å². The predicted octanol–water partition coefficient (Wildman–Crippen LogP) is 5.48. The summed E-state index contributed by atoms with van der Waals surface area (Å²) in [5.41, 5.74) is 0.733. The maximum atomic E-state index is 6.12. The molecule has 0 bridgehead atoms. The van der Waals surface area contributed by atoms with Crippen LogP contribution in [-0.4, -0.2) is 21.1 Å². The summed E-state index contributed by atoms with van der Waals surface area (Å²) in [6.45, 7) is 5.67. The Morgan fingerprint density at radius 3 is 1.95 bits per heavy atom. The minimum absolute atomic E-state index is 0.623. The van der Waals surface area contributed by atoms with Gasteiger partial charge in [-0.05, 0) is 19.3 Å². The molecular formula is C17H36OSi. The van der Waals surface area contributed by atoms with Crippen LogP contribution in [0.5, 0.6) is 0 Å². The molecule has 19 heavy (non-hydrogen) atoms. The average molecular weight is 285 g/mol. The van der Waals surface area contributed by atoms with Crippen LogP contribution in [-0.2, 0) is 4.74 Å². The van der Waals surface area contributed by atoms with Gasteiger partial charge >= 0.3 is 0 Å². The molecule has 1 aliphatic rings. The van der Waals surface area contributed by atoms with E-state index < -0.39 is 8.80 Å². The summed E-state index contributed by atoms with van der Waals surface area (Å²) in [6.07, 6.45) is 15.6. The molecule has 1 rings (SSSR count). The van der Waals surface area contributed by atoms with Gasteiger partial charge < -0.3 is 4.74 Å². The third kappa shape index (κ3) is 8.14. The van der Waals surface area contributed by atoms with Gasteiger partial charge in [0.1, 0.15) is 0 Å². The van der Waals surface area contributed by atoms with Crippen molar-refractivity contribution in [1.82, 2.24) is 0 Å². The van der Waals surface area contributed by atoms with Crippen molar-refractivity contribution in [3.05, 3.63) is 0 Å². The van der Waals surface area contributed by atoms with E-state index in [-0.39, 0.29) is 0 Å². The van der Waals surface area contributed by atoms with Gasteiger partial charge in [0, 0.05) is 12.3 Å². The van der Waals surface area contributed by atoms with E-state index in [1.165, 1.54) is 70.6 Å². The van der Waals surface area contributed by atoms with Crippen molar-refractivity contribution in [2.75, 3.05) is 6.61 Å². The zero-order chi connectivity index (χ0) is 13.8. The zero-order valence-corrected chi connectivity index (χ0v) is 14.6. The van der Waals surface area contributed by atoms with Gasteiger partial charge in [0.15, 0.2) is 0 Å². The van der Waals surface area contributed by atoms with E-state index in [2.05, 4.69) is 13.8 Å². The van der Waals surface area contributed by atoms with Crippen LogP contribution in [0.4, 0.5) is 0 Å². The average Bonchev–Trinajstić information content (AvgIpc) is 2.46. The fourth-order valence-corrected chi connectivity index (χ4v) is 7.09. The lowest BCUT2D eigenvalue weighted by molar-refractivity contribution is 0.0619. The predicted molar refractivity (Wildman–Crippen MR) is 88.6 cm³/mol. The van der Waals surface area contributed by atoms with E-state index in [9.17, 15) is 0 Å². The lowest BCUT2D eigenvalue weighted by Gasteiger charge is -2.30. The largest absolute Gasteiger partial charge is 0.382 e. The van der Waals surface area contributed by atoms with Crippen LogP contribution < -0.4 is 0 Å². The van der Waals surface area contributed by atoms with Gasteiger partial charge in [-0.25, -0.2) is 0 Å². The van der Waals surface area contributed by atoms with Gasteiger partial charge in [0.05, 0.1) is 8.80 Å². The molecule has 1 aliphatic heterocycles. The first kappa shape index (κ1) is 17.2. The van der Waals surface area contributed by atoms with Crippen LogP contribution >= 0.6 is 0 Å². The molecule has 2 heteroatoms. The van der Waals surface area contributed by atoms with E-state index in [0.29, 0.717) is 0 Å². The Morgan fingerprint density at radius 1 is 0.842 bits per heavy atom. The molecule has 1 fully saturated rings. The highest BCUT2D eigenvalue weighted by atomic mass is 28.3. The first-order valence-corrected chi connectivity index (χ1v) is 11.3. The number of unbranched alkanes of at least 4 members (excludes halogenated alkanes) is 6. The van der Waals surface area contributed by atoms with Crippen LogP contribution in [0.2, 0.25) is 12.1 Å². The Labute approximate surface area is 123 Å². The molecule has 0 aliphatic carbocycles. The second-order valence-corrected chi connectivity index (χ2v) is 9.78. The van der Waals surface area contributed by atoms with E-state index in [1.807, 2.05) is 0 Å². The third-order valence-electron chi connectivity index (χ3n) is 4.60. The van der Waals surface area contributed by atoms with Gasteiger partial charge in [-0.1, -0.05) is 77.3 Å². The minimum atomic E-state index is -0.623. The number of hydrogen-bond donors (Lipinski definition) is 0. The molecule has 0 saturated carbocycles. The second-order valence-electron chi connectivity index (χ2n) is 6.36. The molecule has 0 aromatic carbocycles. The molecule has 0 aromatic heterocycles. The summed E-state index contributed by atoms with van der Waals surface area (Å²) < 4.78 is 6.12. The number of ether oxygens (including phenoxy) is 1. The Hall–Kier alpha value is 0.177. The minimum Gasteiger partial charge on any atom is -0.382 e. The molecule has 0 amide bonds. The van der Waals surface area contributed by atoms with Crippen LogP contribution in [0.3, 0.4) is 0 Å². The quantitative estimate of drug-likeness (QED) is 0.360. The highest BCUT2D eigenvalue weighted by molar-refractivity contribution is 6.60. The lowest BCUT2D eigenvalue weighted by atomic mass is 10.2. The SMILES string of the molecule is CCCCCC[SiH](CCCCCC)C1CCCCO1. The van der Waals surface area contributed by atoms with Crippen LogP contribution in [0.1, 0.15) is 84.5 Å². The Kier molecular flexibility index (Phi) is 10.8. The molecule has 1 heterocycles. The van der Waals surface area contributed by atoms with Gasteiger partial charge in [-0.3, -0.25) is 0 Å². The first-order chi connectivity index (χ1) is 9.38. The zero-order valence-electron chi connectivity index (χ0n) is 13.5. The van der Waals surface area contributed by atoms with Gasteiger partial charge in [0.2, 0.25) is 0 Å². The molecule has 1 nitrogen and oxygen atoms in total. The standard InChI is InChI=1S/C17H36OSi/c1-3-5-7-11-15-19(16-12-8-6-4-2)17-13-9-10-14-18-17/h17,19H,3-16H2,1-2H3. The molecular weight excluding hydrogens is 248 g/mol. The van der Waals surface area contributed by atoms with Crippen molar-refractivity contribution in [1.29, 1.82) is 0 Å². The fraction of sp³-hybridized carbons (Fsp3) is 1.00. The number of rotatable bonds is 11. The molecule has 0 radical (unpaired) electrons. The van der Waals surface area contributed by atoms with E-state index in [4.69, 9.17) is 4.74 Å². The Bertz CT molecular complexity index is 178. The van der Waals surface area contributed by atoms with Crippen molar-refractivity contribution in [3.63, 3.8) is 0 Å². The van der Waals surface area contributed by atoms with Crippen LogP contribution in [0, 0.1) is 0 Å². The molecule has 0 aromatic rings. The summed E-state index contributed by atoms with van der Waals surface area (Å²) in [5.74, 6) is 0. The molecule has 1 saturated heterocycles. The molecule has 0 spiro atoms. The first-order valence-electron chi connectivity index (χ1n) is 9.00. The highest BCUT2D eigenvalue weighted by Gasteiger charge is 2.24. The molecule has 114 valence electrons. The monoisotopic (exact) mass is 284 g/mol. The summed E-state index contributed by atoms with van der Waals surface area (Å²) in [6, 6.07) is 3.10. The number of hydrogen-bond acceptors (Lipinski definition) is 1. The third-order valence-corrected chi connectivity index (χ3v) is 8.47. The topological polar surface area (TPSA) is 9.23 Å². The normalized spacial score (nSPS) is 20.1.